The van der Waals surface area contributed by atoms with Crippen LogP contribution in [0.4, 0.5) is 5.69 Å². The van der Waals surface area contributed by atoms with Crippen LogP contribution in [0.2, 0.25) is 0 Å². The molecule has 6 heteroatoms. The second-order valence-electron chi connectivity index (χ2n) is 3.38. The Morgan fingerprint density at radius 3 is 2.94 bits per heavy atom. The fourth-order valence-electron chi connectivity index (χ4n) is 1.21. The van der Waals surface area contributed by atoms with Gasteiger partial charge in [0.1, 0.15) is 0 Å². The molecule has 0 spiro atoms. The summed E-state index contributed by atoms with van der Waals surface area (Å²) in [6.45, 7) is 0.398. The molecule has 1 rings (SSSR count). The van der Waals surface area contributed by atoms with Crippen molar-refractivity contribution in [2.45, 2.75) is 12.8 Å². The molecule has 0 saturated heterocycles. The Kier molecular flexibility index (Phi) is 4.80. The molecule has 0 atom stereocenters. The highest BCUT2D eigenvalue weighted by Gasteiger charge is 2.03. The minimum absolute atomic E-state index is 0.0134. The first-order valence-electron chi connectivity index (χ1n) is 5.05. The number of rotatable bonds is 6. The van der Waals surface area contributed by atoms with E-state index >= 15 is 0 Å². The van der Waals surface area contributed by atoms with Crippen LogP contribution in [0, 0.1) is 10.1 Å². The Balaban J connectivity index is 2.50. The molecule has 6 nitrogen and oxygen atoms in total. The number of aliphatic carboxylic acids is 1. The molecule has 0 aliphatic rings. The summed E-state index contributed by atoms with van der Waals surface area (Å²) in [5.41, 5.74) is 0.647. The van der Waals surface area contributed by atoms with E-state index in [2.05, 4.69) is 4.99 Å². The van der Waals surface area contributed by atoms with Crippen molar-refractivity contribution in [3.63, 3.8) is 0 Å². The van der Waals surface area contributed by atoms with E-state index in [1.165, 1.54) is 18.3 Å². The lowest BCUT2D eigenvalue weighted by molar-refractivity contribution is -0.384. The van der Waals surface area contributed by atoms with Crippen LogP contribution in [0.3, 0.4) is 0 Å². The van der Waals surface area contributed by atoms with E-state index in [4.69, 9.17) is 5.11 Å². The molecule has 0 saturated carbocycles. The van der Waals surface area contributed by atoms with E-state index in [1.54, 1.807) is 12.1 Å². The molecule has 90 valence electrons. The molecule has 0 aliphatic heterocycles. The van der Waals surface area contributed by atoms with Gasteiger partial charge in [0.25, 0.3) is 5.69 Å². The van der Waals surface area contributed by atoms with Crippen molar-refractivity contribution in [1.29, 1.82) is 0 Å². The standard InChI is InChI=1S/C11H12N2O4/c14-11(15)5-2-6-12-8-9-3-1-4-10(7-9)13(16)17/h1,3-4,7-8H,2,5-6H2,(H,14,15)/b12-8+. The molecule has 17 heavy (non-hydrogen) atoms. The topological polar surface area (TPSA) is 92.8 Å². The van der Waals surface area contributed by atoms with Gasteiger partial charge < -0.3 is 5.11 Å². The van der Waals surface area contributed by atoms with Crippen LogP contribution >= 0.6 is 0 Å². The number of aliphatic imine (C=N–C) groups is 1. The molecule has 1 aromatic carbocycles. The van der Waals surface area contributed by atoms with Crippen molar-refractivity contribution >= 4 is 17.9 Å². The van der Waals surface area contributed by atoms with Gasteiger partial charge in [0.2, 0.25) is 0 Å². The summed E-state index contributed by atoms with van der Waals surface area (Å²) in [6, 6.07) is 6.10. The van der Waals surface area contributed by atoms with Crippen LogP contribution in [0.1, 0.15) is 18.4 Å². The predicted octanol–water partition coefficient (Wildman–Crippen LogP) is 1.88. The third-order valence-electron chi connectivity index (χ3n) is 2.00. The molecule has 0 amide bonds. The van der Waals surface area contributed by atoms with Gasteiger partial charge in [-0.1, -0.05) is 12.1 Å². The van der Waals surface area contributed by atoms with E-state index in [-0.39, 0.29) is 12.1 Å². The van der Waals surface area contributed by atoms with E-state index in [0.717, 1.165) is 0 Å². The number of benzene rings is 1. The van der Waals surface area contributed by atoms with Crippen molar-refractivity contribution < 1.29 is 14.8 Å². The maximum atomic E-state index is 10.5. The van der Waals surface area contributed by atoms with Gasteiger partial charge in [-0.3, -0.25) is 19.9 Å². The zero-order valence-electron chi connectivity index (χ0n) is 9.07. The molecule has 1 N–H and O–H groups in total. The fourth-order valence-corrected chi connectivity index (χ4v) is 1.21. The maximum absolute atomic E-state index is 10.5. The predicted molar refractivity (Wildman–Crippen MR) is 62.4 cm³/mol. The maximum Gasteiger partial charge on any atom is 0.303 e. The van der Waals surface area contributed by atoms with Crippen molar-refractivity contribution in [2.75, 3.05) is 6.54 Å². The quantitative estimate of drug-likeness (QED) is 0.353. The van der Waals surface area contributed by atoms with Crippen LogP contribution in [0.15, 0.2) is 29.3 Å². The minimum atomic E-state index is -0.851. The second kappa shape index (κ2) is 6.37. The molecule has 0 fully saturated rings. The van der Waals surface area contributed by atoms with Gasteiger partial charge in [0.05, 0.1) is 4.92 Å². The zero-order valence-corrected chi connectivity index (χ0v) is 9.07. The molecule has 0 aliphatic carbocycles. The number of carboxylic acid groups (broad SMARTS) is 1. The first-order valence-corrected chi connectivity index (χ1v) is 5.05. The number of carbonyl (C=O) groups is 1. The average molecular weight is 236 g/mol. The third-order valence-corrected chi connectivity index (χ3v) is 2.00. The smallest absolute Gasteiger partial charge is 0.303 e. The van der Waals surface area contributed by atoms with Crippen molar-refractivity contribution in [3.8, 4) is 0 Å². The van der Waals surface area contributed by atoms with Crippen LogP contribution in [-0.2, 0) is 4.79 Å². The third kappa shape index (κ3) is 4.87. The highest BCUT2D eigenvalue weighted by molar-refractivity contribution is 5.80. The summed E-state index contributed by atoms with van der Waals surface area (Å²) in [6.07, 6.45) is 2.04. The summed E-state index contributed by atoms with van der Waals surface area (Å²) in [4.78, 5) is 24.3. The van der Waals surface area contributed by atoms with Gasteiger partial charge in [0.15, 0.2) is 0 Å². The summed E-state index contributed by atoms with van der Waals surface area (Å²) in [5.74, 6) is -0.851. The van der Waals surface area contributed by atoms with Crippen LogP contribution in [-0.4, -0.2) is 28.8 Å². The molecule has 0 unspecified atom stereocenters. The molecule has 1 aromatic rings. The number of nitrogens with zero attached hydrogens (tertiary/aromatic N) is 2. The Morgan fingerprint density at radius 1 is 1.53 bits per heavy atom. The van der Waals surface area contributed by atoms with Crippen molar-refractivity contribution in [3.05, 3.63) is 39.9 Å². The van der Waals surface area contributed by atoms with E-state index in [0.29, 0.717) is 18.5 Å². The van der Waals surface area contributed by atoms with Crippen molar-refractivity contribution in [1.82, 2.24) is 0 Å². The fraction of sp³-hybridized carbons (Fsp3) is 0.273. The molecule has 0 radical (unpaired) electrons. The number of nitro groups is 1. The number of non-ortho nitro benzene ring substituents is 1. The van der Waals surface area contributed by atoms with Crippen molar-refractivity contribution in [2.24, 2.45) is 4.99 Å². The lowest BCUT2D eigenvalue weighted by atomic mass is 10.2. The van der Waals surface area contributed by atoms with Gasteiger partial charge in [0, 0.05) is 31.3 Å². The Morgan fingerprint density at radius 2 is 2.29 bits per heavy atom. The number of nitro benzene ring substituents is 1. The second-order valence-corrected chi connectivity index (χ2v) is 3.38. The summed E-state index contributed by atoms with van der Waals surface area (Å²) in [5, 5.41) is 18.9. The SMILES string of the molecule is O=C(O)CCC/N=C/c1cccc([N+](=O)[O-])c1. The van der Waals surface area contributed by atoms with E-state index < -0.39 is 10.9 Å². The van der Waals surface area contributed by atoms with Crippen LogP contribution in [0.25, 0.3) is 0 Å². The summed E-state index contributed by atoms with van der Waals surface area (Å²) < 4.78 is 0. The molecule has 0 heterocycles. The zero-order chi connectivity index (χ0) is 12.7. The van der Waals surface area contributed by atoms with Gasteiger partial charge in [-0.2, -0.15) is 0 Å². The molecule has 0 aromatic heterocycles. The normalized spacial score (nSPS) is 10.6. The molecule has 0 bridgehead atoms. The molecular weight excluding hydrogens is 224 g/mol. The highest BCUT2D eigenvalue weighted by atomic mass is 16.6. The van der Waals surface area contributed by atoms with Gasteiger partial charge >= 0.3 is 5.97 Å². The Bertz CT molecular complexity index is 443. The number of hydrogen-bond donors (Lipinski definition) is 1. The van der Waals surface area contributed by atoms with Gasteiger partial charge in [-0.05, 0) is 12.0 Å². The van der Waals surface area contributed by atoms with Gasteiger partial charge in [-0.15, -0.1) is 0 Å². The lowest BCUT2D eigenvalue weighted by Gasteiger charge is -1.94. The van der Waals surface area contributed by atoms with Gasteiger partial charge in [-0.25, -0.2) is 0 Å². The van der Waals surface area contributed by atoms with Crippen LogP contribution < -0.4 is 0 Å². The monoisotopic (exact) mass is 236 g/mol. The number of hydrogen-bond acceptors (Lipinski definition) is 4. The van der Waals surface area contributed by atoms with Crippen LogP contribution in [0.5, 0.6) is 0 Å². The summed E-state index contributed by atoms with van der Waals surface area (Å²) in [7, 11) is 0. The Hall–Kier alpha value is -2.24. The largest absolute Gasteiger partial charge is 0.481 e. The number of carboxylic acids is 1. The van der Waals surface area contributed by atoms with E-state index in [9.17, 15) is 14.9 Å². The first-order chi connectivity index (χ1) is 8.09. The Labute approximate surface area is 97.8 Å². The molecular formula is C11H12N2O4. The van der Waals surface area contributed by atoms with E-state index in [1.807, 2.05) is 0 Å². The summed E-state index contributed by atoms with van der Waals surface area (Å²) >= 11 is 0. The minimum Gasteiger partial charge on any atom is -0.481 e. The highest BCUT2D eigenvalue weighted by Crippen LogP contribution is 2.11. The lowest BCUT2D eigenvalue weighted by Crippen LogP contribution is -1.95. The first kappa shape index (κ1) is 12.8. The average Bonchev–Trinajstić information content (AvgIpc) is 2.28.